The van der Waals surface area contributed by atoms with Gasteiger partial charge in [-0.25, -0.2) is 4.36 Å². The predicted octanol–water partition coefficient (Wildman–Crippen LogP) is 1.56. The Hall–Kier alpha value is 0.490. The van der Waals surface area contributed by atoms with Gasteiger partial charge in [-0.05, 0) is 31.8 Å². The van der Waals surface area contributed by atoms with E-state index in [0.717, 1.165) is 19.6 Å². The highest BCUT2D eigenvalue weighted by atomic mass is 35.5. The second-order valence-electron chi connectivity index (χ2n) is 3.69. The highest BCUT2D eigenvalue weighted by Gasteiger charge is 2.12. The summed E-state index contributed by atoms with van der Waals surface area (Å²) in [7, 11) is -1.87. The zero-order chi connectivity index (χ0) is 9.03. The van der Waals surface area contributed by atoms with E-state index in [0.29, 0.717) is 5.92 Å². The molecule has 0 unspecified atom stereocenters. The van der Waals surface area contributed by atoms with Gasteiger partial charge in [0.05, 0.1) is 6.54 Å². The third kappa shape index (κ3) is 7.85. The molecule has 88 valence electrons. The molecule has 0 aromatic heterocycles. The quantitative estimate of drug-likeness (QED) is 0.821. The number of piperidine rings is 1. The first-order chi connectivity index (χ1) is 5.58. The molecule has 1 saturated heterocycles. The second-order valence-corrected chi connectivity index (χ2v) is 6.31. The van der Waals surface area contributed by atoms with Crippen LogP contribution in [0.3, 0.4) is 0 Å². The lowest BCUT2D eigenvalue weighted by Crippen LogP contribution is -2.29. The van der Waals surface area contributed by atoms with Crippen LogP contribution in [0.5, 0.6) is 0 Å². The Labute approximate surface area is 99.4 Å². The monoisotopic (exact) mass is 262 g/mol. The fourth-order valence-corrected chi connectivity index (χ4v) is 1.92. The van der Waals surface area contributed by atoms with E-state index in [1.165, 1.54) is 12.8 Å². The molecule has 14 heavy (non-hydrogen) atoms. The fourth-order valence-electron chi connectivity index (χ4n) is 1.35. The van der Waals surface area contributed by atoms with E-state index >= 15 is 0 Å². The van der Waals surface area contributed by atoms with Gasteiger partial charge >= 0.3 is 0 Å². The number of hydrogen-bond donors (Lipinski definition) is 1. The van der Waals surface area contributed by atoms with Crippen molar-refractivity contribution < 1.29 is 4.21 Å². The molecule has 1 aliphatic heterocycles. The van der Waals surface area contributed by atoms with E-state index in [1.807, 2.05) is 0 Å². The number of halogens is 2. The van der Waals surface area contributed by atoms with Gasteiger partial charge in [0.2, 0.25) is 0 Å². The lowest BCUT2D eigenvalue weighted by Gasteiger charge is -2.20. The van der Waals surface area contributed by atoms with E-state index in [2.05, 4.69) is 9.68 Å². The van der Waals surface area contributed by atoms with Gasteiger partial charge in [0.15, 0.2) is 0 Å². The summed E-state index contributed by atoms with van der Waals surface area (Å²) >= 11 is 0. The lowest BCUT2D eigenvalue weighted by molar-refractivity contribution is 0.384. The molecule has 1 fully saturated rings. The summed E-state index contributed by atoms with van der Waals surface area (Å²) in [5.41, 5.74) is 0. The summed E-state index contributed by atoms with van der Waals surface area (Å²) in [6, 6.07) is 0. The number of hydrogen-bond acceptors (Lipinski definition) is 3. The third-order valence-corrected chi connectivity index (χ3v) is 2.87. The van der Waals surface area contributed by atoms with Crippen LogP contribution in [0.15, 0.2) is 4.36 Å². The molecule has 0 radical (unpaired) electrons. The smallest absolute Gasteiger partial charge is 0.0513 e. The third-order valence-electron chi connectivity index (χ3n) is 2.10. The molecular formula is C8H20Cl2N2OS. The molecule has 0 aliphatic carbocycles. The normalized spacial score (nSPS) is 17.9. The largest absolute Gasteiger partial charge is 0.317 e. The minimum absolute atomic E-state index is 0. The van der Waals surface area contributed by atoms with Crippen LogP contribution in [0, 0.1) is 5.92 Å². The van der Waals surface area contributed by atoms with Crippen molar-refractivity contribution in [2.75, 3.05) is 32.1 Å². The SMILES string of the molecule is CS(C)(=O)=NCC1CCNCC1.Cl.Cl. The van der Waals surface area contributed by atoms with Crippen LogP contribution >= 0.6 is 24.8 Å². The summed E-state index contributed by atoms with van der Waals surface area (Å²) in [4.78, 5) is 0. The lowest BCUT2D eigenvalue weighted by atomic mass is 9.99. The predicted molar refractivity (Wildman–Crippen MR) is 67.4 cm³/mol. The average molecular weight is 263 g/mol. The molecule has 0 spiro atoms. The zero-order valence-corrected chi connectivity index (χ0v) is 11.1. The molecule has 0 atom stereocenters. The average Bonchev–Trinajstić information content (AvgIpc) is 2.02. The van der Waals surface area contributed by atoms with Crippen LogP contribution < -0.4 is 5.32 Å². The van der Waals surface area contributed by atoms with Crippen LogP contribution in [0.2, 0.25) is 0 Å². The highest BCUT2D eigenvalue weighted by Crippen LogP contribution is 2.11. The van der Waals surface area contributed by atoms with Gasteiger partial charge in [-0.1, -0.05) is 0 Å². The van der Waals surface area contributed by atoms with Gasteiger partial charge in [-0.15, -0.1) is 24.8 Å². The Balaban J connectivity index is 0. The van der Waals surface area contributed by atoms with Crippen LogP contribution in [-0.2, 0) is 9.73 Å². The standard InChI is InChI=1S/C8H18N2OS.2ClH/c1-12(2,11)10-7-8-3-5-9-6-4-8;;/h8-9H,3-7H2,1-2H3;2*1H. The second kappa shape index (κ2) is 7.74. The summed E-state index contributed by atoms with van der Waals surface area (Å²) < 4.78 is 15.4. The molecule has 1 N–H and O–H groups in total. The molecule has 1 rings (SSSR count). The Morgan fingerprint density at radius 3 is 2.21 bits per heavy atom. The Kier molecular flexibility index (Phi) is 9.34. The molecule has 1 heterocycles. The highest BCUT2D eigenvalue weighted by molar-refractivity contribution is 7.92. The summed E-state index contributed by atoms with van der Waals surface area (Å²) in [5.74, 6) is 0.659. The molecule has 0 bridgehead atoms. The Morgan fingerprint density at radius 1 is 1.29 bits per heavy atom. The van der Waals surface area contributed by atoms with E-state index in [9.17, 15) is 4.21 Å². The maximum Gasteiger partial charge on any atom is 0.0513 e. The fraction of sp³-hybridized carbons (Fsp3) is 1.00. The van der Waals surface area contributed by atoms with Crippen molar-refractivity contribution in [3.05, 3.63) is 0 Å². The first-order valence-electron chi connectivity index (χ1n) is 4.41. The Morgan fingerprint density at radius 2 is 1.79 bits per heavy atom. The zero-order valence-electron chi connectivity index (χ0n) is 8.69. The summed E-state index contributed by atoms with van der Waals surface area (Å²) in [6.45, 7) is 2.97. The van der Waals surface area contributed by atoms with Gasteiger partial charge in [-0.3, -0.25) is 4.21 Å². The van der Waals surface area contributed by atoms with Gasteiger partial charge in [0.25, 0.3) is 0 Å². The van der Waals surface area contributed by atoms with E-state index < -0.39 is 9.73 Å². The van der Waals surface area contributed by atoms with Crippen molar-refractivity contribution in [2.24, 2.45) is 10.3 Å². The maximum atomic E-state index is 11.2. The van der Waals surface area contributed by atoms with Crippen molar-refractivity contribution in [3.8, 4) is 0 Å². The molecule has 0 aromatic rings. The minimum Gasteiger partial charge on any atom is -0.317 e. The van der Waals surface area contributed by atoms with Gasteiger partial charge in [-0.2, -0.15) is 0 Å². The first-order valence-corrected chi connectivity index (χ1v) is 6.75. The molecule has 0 amide bonds. The van der Waals surface area contributed by atoms with Crippen LogP contribution in [0.1, 0.15) is 12.8 Å². The van der Waals surface area contributed by atoms with Crippen LogP contribution in [0.25, 0.3) is 0 Å². The minimum atomic E-state index is -1.87. The van der Waals surface area contributed by atoms with E-state index in [4.69, 9.17) is 0 Å². The number of rotatable bonds is 2. The van der Waals surface area contributed by atoms with Crippen molar-refractivity contribution in [1.82, 2.24) is 5.32 Å². The van der Waals surface area contributed by atoms with E-state index in [1.54, 1.807) is 12.5 Å². The summed E-state index contributed by atoms with van der Waals surface area (Å²) in [5, 5.41) is 3.30. The topological polar surface area (TPSA) is 41.5 Å². The summed E-state index contributed by atoms with van der Waals surface area (Å²) in [6.07, 6.45) is 5.76. The van der Waals surface area contributed by atoms with Gasteiger partial charge < -0.3 is 5.32 Å². The molecule has 1 aliphatic rings. The van der Waals surface area contributed by atoms with Crippen molar-refractivity contribution in [3.63, 3.8) is 0 Å². The number of nitrogens with zero attached hydrogens (tertiary/aromatic N) is 1. The van der Waals surface area contributed by atoms with Crippen molar-refractivity contribution in [2.45, 2.75) is 12.8 Å². The number of nitrogens with one attached hydrogen (secondary N) is 1. The van der Waals surface area contributed by atoms with Gasteiger partial charge in [0.1, 0.15) is 0 Å². The van der Waals surface area contributed by atoms with Gasteiger partial charge in [0, 0.05) is 22.2 Å². The molecule has 3 nitrogen and oxygen atoms in total. The molecule has 6 heteroatoms. The van der Waals surface area contributed by atoms with Crippen molar-refractivity contribution in [1.29, 1.82) is 0 Å². The maximum absolute atomic E-state index is 11.2. The molecule has 0 saturated carbocycles. The van der Waals surface area contributed by atoms with Crippen LogP contribution in [-0.4, -0.2) is 36.4 Å². The molecular weight excluding hydrogens is 243 g/mol. The Bertz CT molecular complexity index is 238. The molecule has 0 aromatic carbocycles. The van der Waals surface area contributed by atoms with Crippen molar-refractivity contribution >= 4 is 34.5 Å². The van der Waals surface area contributed by atoms with E-state index in [-0.39, 0.29) is 24.8 Å². The van der Waals surface area contributed by atoms with Crippen LogP contribution in [0.4, 0.5) is 0 Å². The first kappa shape index (κ1) is 16.9.